The molecule has 2 aromatic carbocycles. The van der Waals surface area contributed by atoms with Crippen molar-refractivity contribution >= 4 is 11.8 Å². The molecule has 6 nitrogen and oxygen atoms in total. The number of hydrogen-bond acceptors (Lipinski definition) is 3. The highest BCUT2D eigenvalue weighted by Crippen LogP contribution is 2.23. The van der Waals surface area contributed by atoms with Gasteiger partial charge in [-0.1, -0.05) is 18.2 Å². The molecule has 3 aromatic rings. The van der Waals surface area contributed by atoms with E-state index in [9.17, 15) is 14.0 Å². The van der Waals surface area contributed by atoms with Crippen LogP contribution in [0.3, 0.4) is 0 Å². The molecule has 1 N–H and O–H groups in total. The molecule has 2 heterocycles. The van der Waals surface area contributed by atoms with Gasteiger partial charge < -0.3 is 9.80 Å². The molecule has 1 fully saturated rings. The first-order valence-corrected chi connectivity index (χ1v) is 9.06. The van der Waals surface area contributed by atoms with E-state index in [0.29, 0.717) is 48.6 Å². The lowest BCUT2D eigenvalue weighted by Crippen LogP contribution is -2.50. The maximum absolute atomic E-state index is 13.2. The van der Waals surface area contributed by atoms with E-state index in [0.717, 1.165) is 0 Å². The minimum absolute atomic E-state index is 0.0250. The minimum atomic E-state index is -0.338. The summed E-state index contributed by atoms with van der Waals surface area (Å²) in [4.78, 5) is 29.0. The Labute approximate surface area is 161 Å². The van der Waals surface area contributed by atoms with Crippen molar-refractivity contribution in [3.8, 4) is 11.3 Å². The van der Waals surface area contributed by atoms with Crippen LogP contribution in [0.1, 0.15) is 20.7 Å². The third-order valence-electron chi connectivity index (χ3n) is 4.88. The molecule has 0 spiro atoms. The number of carbonyl (C=O) groups excluding carboxylic acids is 2. The Hall–Kier alpha value is -3.48. The summed E-state index contributed by atoms with van der Waals surface area (Å²) in [6.45, 7) is 1.85. The average Bonchev–Trinajstić information content (AvgIpc) is 3.24. The Kier molecular flexibility index (Phi) is 4.89. The van der Waals surface area contributed by atoms with Gasteiger partial charge in [-0.05, 0) is 36.4 Å². The van der Waals surface area contributed by atoms with E-state index in [1.165, 1.54) is 18.3 Å². The van der Waals surface area contributed by atoms with Gasteiger partial charge in [0.05, 0.1) is 17.5 Å². The van der Waals surface area contributed by atoms with E-state index in [-0.39, 0.29) is 17.6 Å². The molecule has 1 aliphatic heterocycles. The molecular weight excluding hydrogens is 359 g/mol. The molecule has 0 aliphatic carbocycles. The third kappa shape index (κ3) is 3.51. The van der Waals surface area contributed by atoms with E-state index in [1.807, 2.05) is 18.2 Å². The number of piperazine rings is 1. The van der Waals surface area contributed by atoms with E-state index >= 15 is 0 Å². The third-order valence-corrected chi connectivity index (χ3v) is 4.88. The van der Waals surface area contributed by atoms with Gasteiger partial charge >= 0.3 is 0 Å². The zero-order valence-electron chi connectivity index (χ0n) is 15.1. The highest BCUT2D eigenvalue weighted by atomic mass is 19.1. The van der Waals surface area contributed by atoms with Gasteiger partial charge in [0.1, 0.15) is 5.82 Å². The van der Waals surface area contributed by atoms with Crippen molar-refractivity contribution in [2.24, 2.45) is 0 Å². The molecule has 1 aromatic heterocycles. The summed E-state index contributed by atoms with van der Waals surface area (Å²) in [5, 5.41) is 6.81. The summed E-state index contributed by atoms with van der Waals surface area (Å²) in [6, 6.07) is 15.0. The summed E-state index contributed by atoms with van der Waals surface area (Å²) >= 11 is 0. The lowest BCUT2D eigenvalue weighted by molar-refractivity contribution is 0.0536. The number of aromatic nitrogens is 2. The van der Waals surface area contributed by atoms with Crippen molar-refractivity contribution < 1.29 is 14.0 Å². The summed E-state index contributed by atoms with van der Waals surface area (Å²) < 4.78 is 13.2. The van der Waals surface area contributed by atoms with Crippen LogP contribution in [0, 0.1) is 5.82 Å². The largest absolute Gasteiger partial charge is 0.335 e. The summed E-state index contributed by atoms with van der Waals surface area (Å²) in [7, 11) is 0. The van der Waals surface area contributed by atoms with Crippen LogP contribution < -0.4 is 0 Å². The van der Waals surface area contributed by atoms with Crippen LogP contribution in [0.5, 0.6) is 0 Å². The molecule has 0 atom stereocenters. The molecule has 1 aliphatic rings. The Bertz CT molecular complexity index is 977. The number of benzene rings is 2. The molecule has 0 bridgehead atoms. The van der Waals surface area contributed by atoms with Gasteiger partial charge in [-0.2, -0.15) is 5.10 Å². The number of hydrogen-bond donors (Lipinski definition) is 1. The van der Waals surface area contributed by atoms with E-state index in [1.54, 1.807) is 34.1 Å². The molecule has 0 radical (unpaired) electrons. The zero-order valence-corrected chi connectivity index (χ0v) is 15.1. The highest BCUT2D eigenvalue weighted by molar-refractivity contribution is 6.00. The van der Waals surface area contributed by atoms with Gasteiger partial charge in [0.2, 0.25) is 0 Å². The molecule has 0 unspecified atom stereocenters. The summed E-state index contributed by atoms with van der Waals surface area (Å²) in [5.74, 6) is -0.516. The maximum Gasteiger partial charge on any atom is 0.257 e. The molecule has 0 saturated carbocycles. The molecule has 2 amide bonds. The number of halogens is 1. The molecule has 1 saturated heterocycles. The molecule has 4 rings (SSSR count). The number of rotatable bonds is 3. The van der Waals surface area contributed by atoms with Crippen molar-refractivity contribution in [2.45, 2.75) is 0 Å². The number of nitrogens with one attached hydrogen (secondary N) is 1. The first-order chi connectivity index (χ1) is 13.6. The van der Waals surface area contributed by atoms with Crippen molar-refractivity contribution in [1.82, 2.24) is 20.0 Å². The van der Waals surface area contributed by atoms with E-state index in [4.69, 9.17) is 0 Å². The van der Waals surface area contributed by atoms with Crippen molar-refractivity contribution in [3.05, 3.63) is 77.7 Å². The van der Waals surface area contributed by atoms with Crippen LogP contribution in [0.15, 0.2) is 60.8 Å². The van der Waals surface area contributed by atoms with Gasteiger partial charge in [0.25, 0.3) is 11.8 Å². The van der Waals surface area contributed by atoms with Crippen molar-refractivity contribution in [2.75, 3.05) is 26.2 Å². The molecule has 142 valence electrons. The van der Waals surface area contributed by atoms with Crippen molar-refractivity contribution in [3.63, 3.8) is 0 Å². The standard InChI is InChI=1S/C21H19FN4O2/c22-17-8-6-15(7-9-17)19-18(14-23-24-19)21(28)26-12-10-25(11-13-26)20(27)16-4-2-1-3-5-16/h1-9,14H,10-13H2,(H,23,24). The van der Waals surface area contributed by atoms with Crippen LogP contribution in [0.2, 0.25) is 0 Å². The summed E-state index contributed by atoms with van der Waals surface area (Å²) in [6.07, 6.45) is 1.49. The molecule has 7 heteroatoms. The first-order valence-electron chi connectivity index (χ1n) is 9.06. The lowest BCUT2D eigenvalue weighted by Gasteiger charge is -2.34. The second kappa shape index (κ2) is 7.64. The van der Waals surface area contributed by atoms with Crippen LogP contribution >= 0.6 is 0 Å². The fourth-order valence-electron chi connectivity index (χ4n) is 3.33. The molecule has 28 heavy (non-hydrogen) atoms. The number of aromatic amines is 1. The Morgan fingerprint density at radius 1 is 0.857 bits per heavy atom. The normalized spacial score (nSPS) is 14.2. The van der Waals surface area contributed by atoms with Crippen LogP contribution in [0.25, 0.3) is 11.3 Å². The number of amides is 2. The quantitative estimate of drug-likeness (QED) is 0.762. The first kappa shape index (κ1) is 17.9. The topological polar surface area (TPSA) is 69.3 Å². The SMILES string of the molecule is O=C(c1ccccc1)N1CCN(C(=O)c2cn[nH]c2-c2ccc(F)cc2)CC1. The van der Waals surface area contributed by atoms with Crippen LogP contribution in [-0.4, -0.2) is 58.0 Å². The molecular formula is C21H19FN4O2. The smallest absolute Gasteiger partial charge is 0.257 e. The fourth-order valence-corrected chi connectivity index (χ4v) is 3.33. The fraction of sp³-hybridized carbons (Fsp3) is 0.190. The Morgan fingerprint density at radius 3 is 2.11 bits per heavy atom. The summed E-state index contributed by atoms with van der Waals surface area (Å²) in [5.41, 5.74) is 2.35. The Balaban J connectivity index is 1.45. The monoisotopic (exact) mass is 378 g/mol. The Morgan fingerprint density at radius 2 is 1.46 bits per heavy atom. The van der Waals surface area contributed by atoms with Gasteiger partial charge in [-0.3, -0.25) is 14.7 Å². The zero-order chi connectivity index (χ0) is 19.5. The predicted molar refractivity (Wildman–Crippen MR) is 102 cm³/mol. The van der Waals surface area contributed by atoms with E-state index in [2.05, 4.69) is 10.2 Å². The van der Waals surface area contributed by atoms with Crippen LogP contribution in [-0.2, 0) is 0 Å². The van der Waals surface area contributed by atoms with Crippen LogP contribution in [0.4, 0.5) is 4.39 Å². The second-order valence-corrected chi connectivity index (χ2v) is 6.62. The van der Waals surface area contributed by atoms with Gasteiger partial charge in [0.15, 0.2) is 0 Å². The highest BCUT2D eigenvalue weighted by Gasteiger charge is 2.27. The number of carbonyl (C=O) groups is 2. The number of nitrogens with zero attached hydrogens (tertiary/aromatic N) is 3. The second-order valence-electron chi connectivity index (χ2n) is 6.62. The van der Waals surface area contributed by atoms with Gasteiger partial charge in [-0.25, -0.2) is 4.39 Å². The van der Waals surface area contributed by atoms with Crippen molar-refractivity contribution in [1.29, 1.82) is 0 Å². The maximum atomic E-state index is 13.2. The van der Waals surface area contributed by atoms with Gasteiger partial charge in [0, 0.05) is 37.3 Å². The van der Waals surface area contributed by atoms with Gasteiger partial charge in [-0.15, -0.1) is 0 Å². The number of H-pyrrole nitrogens is 1. The predicted octanol–water partition coefficient (Wildman–Crippen LogP) is 2.81. The minimum Gasteiger partial charge on any atom is -0.335 e. The lowest BCUT2D eigenvalue weighted by atomic mass is 10.1. The van der Waals surface area contributed by atoms with E-state index < -0.39 is 0 Å². The average molecular weight is 378 g/mol.